The smallest absolute Gasteiger partial charge is 0.328 e. The number of carbonyl (C=O) groups is 2. The molecule has 28 heavy (non-hydrogen) atoms. The summed E-state index contributed by atoms with van der Waals surface area (Å²) < 4.78 is 4.98. The van der Waals surface area contributed by atoms with Gasteiger partial charge in [0.1, 0.15) is 6.04 Å². The van der Waals surface area contributed by atoms with E-state index in [1.54, 1.807) is 0 Å². The van der Waals surface area contributed by atoms with E-state index in [1.807, 2.05) is 30.3 Å². The van der Waals surface area contributed by atoms with Gasteiger partial charge in [0.25, 0.3) is 0 Å². The highest BCUT2D eigenvalue weighted by Crippen LogP contribution is 2.30. The Morgan fingerprint density at radius 1 is 0.964 bits per heavy atom. The SMILES string of the molecule is COC(=O)C(Cc1ccccc1)NC(=O)N(C1CCCCC1)C1CCCCC1. The molecule has 3 rings (SSSR count). The Hall–Kier alpha value is -2.04. The molecule has 1 N–H and O–H groups in total. The van der Waals surface area contributed by atoms with Gasteiger partial charge in [-0.25, -0.2) is 9.59 Å². The van der Waals surface area contributed by atoms with Gasteiger partial charge in [0, 0.05) is 18.5 Å². The summed E-state index contributed by atoms with van der Waals surface area (Å²) in [6.07, 6.45) is 12.0. The van der Waals surface area contributed by atoms with E-state index in [2.05, 4.69) is 10.2 Å². The molecule has 1 aromatic carbocycles. The standard InChI is InChI=1S/C23H34N2O3/c1-28-22(26)21(17-18-11-5-2-6-12-18)24-23(27)25(19-13-7-3-8-14-19)20-15-9-4-10-16-20/h2,5-6,11-12,19-21H,3-4,7-10,13-17H2,1H3,(H,24,27). The number of urea groups is 1. The van der Waals surface area contributed by atoms with Crippen LogP contribution in [0.3, 0.4) is 0 Å². The number of nitrogens with one attached hydrogen (secondary N) is 1. The minimum Gasteiger partial charge on any atom is -0.467 e. The Bertz CT molecular complexity index is 604. The third-order valence-corrected chi connectivity index (χ3v) is 6.24. The molecule has 0 spiro atoms. The molecule has 5 heteroatoms. The van der Waals surface area contributed by atoms with Crippen LogP contribution in [0.15, 0.2) is 30.3 Å². The van der Waals surface area contributed by atoms with Crippen molar-refractivity contribution in [1.82, 2.24) is 10.2 Å². The van der Waals surface area contributed by atoms with E-state index in [-0.39, 0.29) is 12.0 Å². The van der Waals surface area contributed by atoms with Gasteiger partial charge in [-0.1, -0.05) is 68.9 Å². The fourth-order valence-electron chi connectivity index (χ4n) is 4.76. The normalized spacial score (nSPS) is 19.6. The van der Waals surface area contributed by atoms with Crippen LogP contribution in [-0.4, -0.2) is 42.1 Å². The highest BCUT2D eigenvalue weighted by atomic mass is 16.5. The first-order valence-electron chi connectivity index (χ1n) is 10.9. The van der Waals surface area contributed by atoms with Crippen LogP contribution in [0.4, 0.5) is 4.79 Å². The number of ether oxygens (including phenoxy) is 1. The number of hydrogen-bond acceptors (Lipinski definition) is 3. The molecule has 2 aliphatic carbocycles. The van der Waals surface area contributed by atoms with Gasteiger partial charge in [-0.15, -0.1) is 0 Å². The van der Waals surface area contributed by atoms with Crippen molar-refractivity contribution in [3.63, 3.8) is 0 Å². The van der Waals surface area contributed by atoms with Crippen LogP contribution < -0.4 is 5.32 Å². The molecule has 2 saturated carbocycles. The second-order valence-electron chi connectivity index (χ2n) is 8.21. The minimum absolute atomic E-state index is 0.0925. The highest BCUT2D eigenvalue weighted by molar-refractivity contribution is 5.84. The van der Waals surface area contributed by atoms with E-state index in [0.717, 1.165) is 31.2 Å². The van der Waals surface area contributed by atoms with Gasteiger partial charge in [-0.3, -0.25) is 0 Å². The van der Waals surface area contributed by atoms with Crippen LogP contribution in [0, 0.1) is 0 Å². The van der Waals surface area contributed by atoms with Crippen molar-refractivity contribution in [2.45, 2.75) is 88.8 Å². The maximum atomic E-state index is 13.4. The van der Waals surface area contributed by atoms with Gasteiger partial charge in [0.05, 0.1) is 7.11 Å². The lowest BCUT2D eigenvalue weighted by Gasteiger charge is -2.42. The first-order chi connectivity index (χ1) is 13.7. The monoisotopic (exact) mass is 386 g/mol. The predicted octanol–water partition coefficient (Wildman–Crippen LogP) is 4.45. The van der Waals surface area contributed by atoms with Crippen LogP contribution in [0.2, 0.25) is 0 Å². The van der Waals surface area contributed by atoms with Gasteiger partial charge in [0.2, 0.25) is 0 Å². The number of hydrogen-bond donors (Lipinski definition) is 1. The minimum atomic E-state index is -0.658. The van der Waals surface area contributed by atoms with Gasteiger partial charge in [-0.2, -0.15) is 0 Å². The van der Waals surface area contributed by atoms with Crippen LogP contribution in [0.1, 0.15) is 69.8 Å². The molecule has 1 unspecified atom stereocenters. The average molecular weight is 387 g/mol. The van der Waals surface area contributed by atoms with Crippen molar-refractivity contribution in [3.8, 4) is 0 Å². The summed E-state index contributed by atoms with van der Waals surface area (Å²) >= 11 is 0. The van der Waals surface area contributed by atoms with Crippen molar-refractivity contribution in [1.29, 1.82) is 0 Å². The quantitative estimate of drug-likeness (QED) is 0.735. The van der Waals surface area contributed by atoms with Crippen molar-refractivity contribution in [2.75, 3.05) is 7.11 Å². The van der Waals surface area contributed by atoms with Gasteiger partial charge >= 0.3 is 12.0 Å². The molecule has 0 aliphatic heterocycles. The summed E-state index contributed by atoms with van der Waals surface area (Å²) in [5, 5.41) is 3.02. The molecule has 0 radical (unpaired) electrons. The number of nitrogens with zero attached hydrogens (tertiary/aromatic N) is 1. The van der Waals surface area contributed by atoms with Crippen molar-refractivity contribution in [2.24, 2.45) is 0 Å². The van der Waals surface area contributed by atoms with Crippen molar-refractivity contribution >= 4 is 12.0 Å². The topological polar surface area (TPSA) is 58.6 Å². The Morgan fingerprint density at radius 2 is 1.50 bits per heavy atom. The molecule has 1 atom stereocenters. The van der Waals surface area contributed by atoms with Crippen LogP contribution >= 0.6 is 0 Å². The van der Waals surface area contributed by atoms with Crippen LogP contribution in [0.25, 0.3) is 0 Å². The summed E-state index contributed by atoms with van der Waals surface area (Å²) in [5.41, 5.74) is 1.01. The van der Waals surface area contributed by atoms with Crippen molar-refractivity contribution < 1.29 is 14.3 Å². The Balaban J connectivity index is 1.74. The van der Waals surface area contributed by atoms with E-state index < -0.39 is 6.04 Å². The summed E-state index contributed by atoms with van der Waals surface area (Å²) in [7, 11) is 1.38. The summed E-state index contributed by atoms with van der Waals surface area (Å²) in [4.78, 5) is 27.8. The molecule has 0 aromatic heterocycles. The fraction of sp³-hybridized carbons (Fsp3) is 0.652. The third-order valence-electron chi connectivity index (χ3n) is 6.24. The zero-order valence-electron chi connectivity index (χ0n) is 17.1. The lowest BCUT2D eigenvalue weighted by molar-refractivity contribution is -0.142. The lowest BCUT2D eigenvalue weighted by atomic mass is 9.89. The molecule has 2 fully saturated rings. The van der Waals surface area contributed by atoms with E-state index >= 15 is 0 Å². The first-order valence-corrected chi connectivity index (χ1v) is 10.9. The molecule has 2 aliphatic rings. The summed E-state index contributed by atoms with van der Waals surface area (Å²) in [6.45, 7) is 0. The van der Waals surface area contributed by atoms with E-state index in [9.17, 15) is 9.59 Å². The predicted molar refractivity (Wildman–Crippen MR) is 110 cm³/mol. The zero-order valence-corrected chi connectivity index (χ0v) is 17.1. The molecule has 0 bridgehead atoms. The van der Waals surface area contributed by atoms with E-state index in [1.165, 1.54) is 45.6 Å². The molecule has 0 heterocycles. The number of carbonyl (C=O) groups excluding carboxylic acids is 2. The Morgan fingerprint density at radius 3 is 2.00 bits per heavy atom. The molecular formula is C23H34N2O3. The largest absolute Gasteiger partial charge is 0.467 e. The van der Waals surface area contributed by atoms with Gasteiger partial charge in [-0.05, 0) is 31.2 Å². The van der Waals surface area contributed by atoms with Crippen LogP contribution in [0.5, 0.6) is 0 Å². The molecule has 5 nitrogen and oxygen atoms in total. The number of methoxy groups -OCH3 is 1. The molecule has 0 saturated heterocycles. The second kappa shape index (κ2) is 10.5. The van der Waals surface area contributed by atoms with E-state index in [4.69, 9.17) is 4.74 Å². The Labute approximate surface area is 168 Å². The van der Waals surface area contributed by atoms with E-state index in [0.29, 0.717) is 18.5 Å². The fourth-order valence-corrected chi connectivity index (χ4v) is 4.76. The molecule has 154 valence electrons. The molecular weight excluding hydrogens is 352 g/mol. The number of amides is 2. The third kappa shape index (κ3) is 5.49. The number of benzene rings is 1. The second-order valence-corrected chi connectivity index (χ2v) is 8.21. The average Bonchev–Trinajstić information content (AvgIpc) is 2.75. The number of rotatable bonds is 6. The highest BCUT2D eigenvalue weighted by Gasteiger charge is 2.34. The van der Waals surface area contributed by atoms with Crippen molar-refractivity contribution in [3.05, 3.63) is 35.9 Å². The molecule has 2 amide bonds. The Kier molecular flexibility index (Phi) is 7.75. The maximum absolute atomic E-state index is 13.4. The molecule has 1 aromatic rings. The lowest BCUT2D eigenvalue weighted by Crippen LogP contribution is -2.56. The summed E-state index contributed by atoms with van der Waals surface area (Å²) in [6, 6.07) is 9.63. The summed E-state index contributed by atoms with van der Waals surface area (Å²) in [5.74, 6) is -0.385. The van der Waals surface area contributed by atoms with Crippen LogP contribution in [-0.2, 0) is 16.0 Å². The maximum Gasteiger partial charge on any atom is 0.328 e. The zero-order chi connectivity index (χ0) is 19.8. The van der Waals surface area contributed by atoms with Gasteiger partial charge < -0.3 is 15.0 Å². The number of esters is 1. The van der Waals surface area contributed by atoms with Gasteiger partial charge in [0.15, 0.2) is 0 Å². The first kappa shape index (κ1) is 20.7.